The van der Waals surface area contributed by atoms with Crippen LogP contribution in [0.2, 0.25) is 0 Å². The average molecular weight is 267 g/mol. The van der Waals surface area contributed by atoms with Gasteiger partial charge in [0.05, 0.1) is 10.6 Å². The summed E-state index contributed by atoms with van der Waals surface area (Å²) in [5, 5.41) is 0. The van der Waals surface area contributed by atoms with Crippen molar-refractivity contribution in [2.24, 2.45) is 5.73 Å². The predicted octanol–water partition coefficient (Wildman–Crippen LogP) is 2.55. The van der Waals surface area contributed by atoms with Gasteiger partial charge in [0.2, 0.25) is 0 Å². The Hall–Kier alpha value is -0.870. The van der Waals surface area contributed by atoms with E-state index < -0.39 is 9.84 Å². The molecule has 1 aromatic rings. The Morgan fingerprint density at radius 2 is 1.94 bits per heavy atom. The van der Waals surface area contributed by atoms with Crippen molar-refractivity contribution in [3.05, 3.63) is 29.3 Å². The Morgan fingerprint density at radius 1 is 1.28 bits per heavy atom. The molecule has 0 saturated heterocycles. The maximum absolute atomic E-state index is 12.1. The van der Waals surface area contributed by atoms with Gasteiger partial charge in [-0.25, -0.2) is 8.42 Å². The van der Waals surface area contributed by atoms with Gasteiger partial charge in [0.15, 0.2) is 9.84 Å². The zero-order valence-electron chi connectivity index (χ0n) is 11.2. The van der Waals surface area contributed by atoms with Crippen LogP contribution < -0.4 is 5.73 Å². The molecular weight excluding hydrogens is 246 g/mol. The van der Waals surface area contributed by atoms with Gasteiger partial charge in [0.1, 0.15) is 0 Å². The van der Waals surface area contributed by atoms with Gasteiger partial charge in [-0.15, -0.1) is 0 Å². The molecule has 0 radical (unpaired) electrons. The first-order chi connectivity index (χ1) is 8.22. The highest BCUT2D eigenvalue weighted by Crippen LogP contribution is 2.33. The Labute approximate surface area is 109 Å². The van der Waals surface area contributed by atoms with Crippen LogP contribution in [0.4, 0.5) is 0 Å². The highest BCUT2D eigenvalue weighted by Gasteiger charge is 2.27. The van der Waals surface area contributed by atoms with Crippen molar-refractivity contribution >= 4 is 9.84 Å². The second-order valence-electron chi connectivity index (χ2n) is 6.07. The van der Waals surface area contributed by atoms with Crippen molar-refractivity contribution in [1.29, 1.82) is 0 Å². The molecule has 1 heterocycles. The van der Waals surface area contributed by atoms with Gasteiger partial charge in [0.25, 0.3) is 0 Å². The molecule has 0 aromatic heterocycles. The van der Waals surface area contributed by atoms with E-state index in [1.807, 2.05) is 12.1 Å². The second kappa shape index (κ2) is 4.35. The van der Waals surface area contributed by atoms with E-state index in [0.717, 1.165) is 17.5 Å². The van der Waals surface area contributed by atoms with E-state index in [1.54, 1.807) is 6.07 Å². The number of hydrogen-bond donors (Lipinski definition) is 1. The highest BCUT2D eigenvalue weighted by molar-refractivity contribution is 7.91. The smallest absolute Gasteiger partial charge is 0.178 e. The molecule has 18 heavy (non-hydrogen) atoms. The lowest BCUT2D eigenvalue weighted by Gasteiger charge is -2.22. The van der Waals surface area contributed by atoms with E-state index >= 15 is 0 Å². The van der Waals surface area contributed by atoms with Crippen LogP contribution in [0.25, 0.3) is 0 Å². The fraction of sp³-hybridized carbons (Fsp3) is 0.571. The Balaban J connectivity index is 2.64. The quantitative estimate of drug-likeness (QED) is 0.786. The summed E-state index contributed by atoms with van der Waals surface area (Å²) in [6.07, 6.45) is 1.38. The molecule has 1 atom stereocenters. The number of fused-ring (bicyclic) bond motifs is 1. The molecular formula is C14H21NO2S. The summed E-state index contributed by atoms with van der Waals surface area (Å²) in [6, 6.07) is 5.45. The first-order valence-corrected chi connectivity index (χ1v) is 8.00. The van der Waals surface area contributed by atoms with Gasteiger partial charge < -0.3 is 5.73 Å². The van der Waals surface area contributed by atoms with Crippen LogP contribution >= 0.6 is 0 Å². The third-order valence-electron chi connectivity index (χ3n) is 3.54. The van der Waals surface area contributed by atoms with Crippen molar-refractivity contribution < 1.29 is 8.42 Å². The van der Waals surface area contributed by atoms with Crippen molar-refractivity contribution in [3.63, 3.8) is 0 Å². The predicted molar refractivity (Wildman–Crippen MR) is 73.4 cm³/mol. The molecule has 100 valence electrons. The molecule has 1 aromatic carbocycles. The Kier molecular flexibility index (Phi) is 3.28. The summed E-state index contributed by atoms with van der Waals surface area (Å²) >= 11 is 0. The lowest BCUT2D eigenvalue weighted by atomic mass is 9.85. The van der Waals surface area contributed by atoms with E-state index in [9.17, 15) is 8.42 Å². The van der Waals surface area contributed by atoms with E-state index in [1.165, 1.54) is 0 Å². The summed E-state index contributed by atoms with van der Waals surface area (Å²) in [4.78, 5) is 0.431. The Morgan fingerprint density at radius 3 is 2.56 bits per heavy atom. The van der Waals surface area contributed by atoms with Crippen LogP contribution in [0, 0.1) is 0 Å². The van der Waals surface area contributed by atoms with E-state index in [0.29, 0.717) is 11.3 Å². The summed E-state index contributed by atoms with van der Waals surface area (Å²) in [6.45, 7) is 6.35. The van der Waals surface area contributed by atoms with Gasteiger partial charge in [-0.3, -0.25) is 0 Å². The molecule has 1 unspecified atom stereocenters. The average Bonchev–Trinajstić information content (AvgIpc) is 2.36. The minimum atomic E-state index is -3.15. The fourth-order valence-corrected chi connectivity index (χ4v) is 3.96. The first-order valence-electron chi connectivity index (χ1n) is 6.34. The first kappa shape index (κ1) is 13.6. The molecule has 0 aliphatic carbocycles. The third kappa shape index (κ3) is 2.45. The van der Waals surface area contributed by atoms with Gasteiger partial charge >= 0.3 is 0 Å². The number of rotatable bonds is 0. The Bertz CT molecular complexity index is 556. The van der Waals surface area contributed by atoms with Crippen LogP contribution in [-0.2, 0) is 15.3 Å². The minimum absolute atomic E-state index is 0.00478. The topological polar surface area (TPSA) is 60.2 Å². The maximum atomic E-state index is 12.1. The molecule has 0 fully saturated rings. The van der Waals surface area contributed by atoms with Crippen molar-refractivity contribution in [2.75, 3.05) is 5.75 Å². The van der Waals surface area contributed by atoms with Crippen LogP contribution in [0.15, 0.2) is 23.1 Å². The summed E-state index contributed by atoms with van der Waals surface area (Å²) < 4.78 is 24.3. The van der Waals surface area contributed by atoms with Gasteiger partial charge in [-0.05, 0) is 35.4 Å². The van der Waals surface area contributed by atoms with Gasteiger partial charge in [-0.2, -0.15) is 0 Å². The largest absolute Gasteiger partial charge is 0.324 e. The molecule has 3 nitrogen and oxygen atoms in total. The molecule has 0 saturated carbocycles. The molecule has 4 heteroatoms. The second-order valence-corrected chi connectivity index (χ2v) is 8.15. The molecule has 2 rings (SSSR count). The van der Waals surface area contributed by atoms with Crippen LogP contribution in [0.1, 0.15) is 50.8 Å². The van der Waals surface area contributed by atoms with Gasteiger partial charge in [0, 0.05) is 6.04 Å². The van der Waals surface area contributed by atoms with E-state index in [-0.39, 0.29) is 17.2 Å². The lowest BCUT2D eigenvalue weighted by Crippen LogP contribution is -2.16. The molecule has 0 amide bonds. The summed E-state index contributed by atoms with van der Waals surface area (Å²) in [5.41, 5.74) is 8.04. The van der Waals surface area contributed by atoms with E-state index in [4.69, 9.17) is 5.73 Å². The fourth-order valence-electron chi connectivity index (χ4n) is 2.35. The number of benzene rings is 1. The van der Waals surface area contributed by atoms with Crippen molar-refractivity contribution in [2.45, 2.75) is 50.0 Å². The highest BCUT2D eigenvalue weighted by atomic mass is 32.2. The van der Waals surface area contributed by atoms with Crippen molar-refractivity contribution in [3.8, 4) is 0 Å². The lowest BCUT2D eigenvalue weighted by molar-refractivity contribution is 0.582. The number of hydrogen-bond acceptors (Lipinski definition) is 3. The van der Waals surface area contributed by atoms with Crippen LogP contribution in [0.5, 0.6) is 0 Å². The molecule has 0 bridgehead atoms. The summed E-state index contributed by atoms with van der Waals surface area (Å²) in [5.74, 6) is 0.211. The zero-order chi connectivity index (χ0) is 13.6. The standard InChI is InChI=1S/C14H21NO2S/c1-14(2,3)10-6-7-13-11(9-10)12(15)5-4-8-18(13,16)17/h6-7,9,12H,4-5,8,15H2,1-3H3. The monoisotopic (exact) mass is 267 g/mol. The third-order valence-corrected chi connectivity index (χ3v) is 5.41. The van der Waals surface area contributed by atoms with Crippen molar-refractivity contribution in [1.82, 2.24) is 0 Å². The normalized spacial score (nSPS) is 23.2. The number of sulfone groups is 1. The maximum Gasteiger partial charge on any atom is 0.178 e. The molecule has 2 N–H and O–H groups in total. The van der Waals surface area contributed by atoms with Gasteiger partial charge in [-0.1, -0.05) is 32.9 Å². The van der Waals surface area contributed by atoms with E-state index in [2.05, 4.69) is 20.8 Å². The minimum Gasteiger partial charge on any atom is -0.324 e. The summed E-state index contributed by atoms with van der Waals surface area (Å²) in [7, 11) is -3.15. The van der Waals surface area contributed by atoms with Crippen LogP contribution in [-0.4, -0.2) is 14.2 Å². The van der Waals surface area contributed by atoms with Crippen LogP contribution in [0.3, 0.4) is 0 Å². The molecule has 1 aliphatic rings. The number of nitrogens with two attached hydrogens (primary N) is 1. The SMILES string of the molecule is CC(C)(C)c1ccc2c(c1)C(N)CCCS2(=O)=O. The zero-order valence-corrected chi connectivity index (χ0v) is 12.0. The molecule has 1 aliphatic heterocycles. The molecule has 0 spiro atoms.